The largest absolute Gasteiger partial charge is 0.333 e. The van der Waals surface area contributed by atoms with Crippen LogP contribution in [-0.4, -0.2) is 62.7 Å². The van der Waals surface area contributed by atoms with Crippen LogP contribution in [0.2, 0.25) is 0 Å². The molecule has 1 rings (SSSR count). The molecule has 0 bridgehead atoms. The van der Waals surface area contributed by atoms with E-state index < -0.39 is 15.9 Å². The highest BCUT2D eigenvalue weighted by Crippen LogP contribution is 2.07. The smallest absolute Gasteiger partial charge is 0.241 e. The van der Waals surface area contributed by atoms with E-state index in [1.54, 1.807) is 0 Å². The van der Waals surface area contributed by atoms with Gasteiger partial charge in [-0.2, -0.15) is 0 Å². The Morgan fingerprint density at radius 2 is 2.19 bits per heavy atom. The molecule has 1 atom stereocenters. The Bertz CT molecular complexity index is 390. The van der Waals surface area contributed by atoms with Crippen LogP contribution in [0, 0.1) is 0 Å². The molecule has 0 aromatic heterocycles. The molecule has 0 radical (unpaired) electrons. The quantitative estimate of drug-likeness (QED) is 0.652. The summed E-state index contributed by atoms with van der Waals surface area (Å²) in [6.07, 6.45) is 0. The average molecular weight is 248 g/mol. The van der Waals surface area contributed by atoms with Crippen molar-refractivity contribution in [2.24, 2.45) is 0 Å². The number of hydrogen-bond donors (Lipinski definition) is 1. The molecule has 1 fully saturated rings. The van der Waals surface area contributed by atoms with Gasteiger partial charge in [0.15, 0.2) is 9.84 Å². The minimum absolute atomic E-state index is 0.0213. The number of likely N-dealkylation sites (N-methyl/N-ethyl adjacent to an activating group) is 1. The SMILES string of the molecule is CNC1CS(=O)(=O)CCN(CC(C)=O)C1=O. The molecule has 1 unspecified atom stereocenters. The minimum atomic E-state index is -3.22. The topological polar surface area (TPSA) is 83.6 Å². The zero-order valence-electron chi connectivity index (χ0n) is 9.39. The molecule has 1 amide bonds. The van der Waals surface area contributed by atoms with Crippen molar-refractivity contribution in [1.29, 1.82) is 0 Å². The predicted molar refractivity (Wildman–Crippen MR) is 58.8 cm³/mol. The van der Waals surface area contributed by atoms with Crippen molar-refractivity contribution in [3.05, 3.63) is 0 Å². The molecule has 16 heavy (non-hydrogen) atoms. The third-order valence-corrected chi connectivity index (χ3v) is 4.11. The van der Waals surface area contributed by atoms with E-state index in [-0.39, 0.29) is 36.3 Å². The second-order valence-corrected chi connectivity index (χ2v) is 6.15. The number of carbonyl (C=O) groups is 2. The second kappa shape index (κ2) is 4.92. The maximum absolute atomic E-state index is 11.8. The van der Waals surface area contributed by atoms with Crippen LogP contribution in [0.3, 0.4) is 0 Å². The van der Waals surface area contributed by atoms with Crippen molar-refractivity contribution >= 4 is 21.5 Å². The Kier molecular flexibility index (Phi) is 4.03. The number of Topliss-reactive ketones (excluding diaryl/α,β-unsaturated/α-hetero) is 1. The number of nitrogens with one attached hydrogen (secondary N) is 1. The van der Waals surface area contributed by atoms with Gasteiger partial charge in [-0.15, -0.1) is 0 Å². The normalized spacial score (nSPS) is 25.2. The summed E-state index contributed by atoms with van der Waals surface area (Å²) in [5.74, 6) is -0.748. The number of rotatable bonds is 3. The molecule has 1 heterocycles. The van der Waals surface area contributed by atoms with E-state index in [0.717, 1.165) is 0 Å². The molecular weight excluding hydrogens is 232 g/mol. The maximum Gasteiger partial charge on any atom is 0.241 e. The fourth-order valence-corrected chi connectivity index (χ4v) is 3.10. The highest BCUT2D eigenvalue weighted by atomic mass is 32.2. The van der Waals surface area contributed by atoms with E-state index >= 15 is 0 Å². The summed E-state index contributed by atoms with van der Waals surface area (Å²) < 4.78 is 23.0. The molecule has 1 saturated heterocycles. The first-order chi connectivity index (χ1) is 7.35. The van der Waals surface area contributed by atoms with Crippen molar-refractivity contribution in [3.8, 4) is 0 Å². The molecular formula is C9H16N2O4S. The lowest BCUT2D eigenvalue weighted by atomic mass is 10.2. The van der Waals surface area contributed by atoms with Crippen LogP contribution in [-0.2, 0) is 19.4 Å². The standard InChI is InChI=1S/C9H16N2O4S/c1-7(12)5-11-3-4-16(14,15)6-8(10-2)9(11)13/h8,10H,3-6H2,1-2H3. The van der Waals surface area contributed by atoms with Gasteiger partial charge in [0.25, 0.3) is 0 Å². The molecule has 0 aromatic carbocycles. The van der Waals surface area contributed by atoms with Crippen LogP contribution in [0.5, 0.6) is 0 Å². The molecule has 0 spiro atoms. The number of ketones is 1. The molecule has 92 valence electrons. The van der Waals surface area contributed by atoms with Crippen molar-refractivity contribution < 1.29 is 18.0 Å². The van der Waals surface area contributed by atoms with E-state index in [2.05, 4.69) is 5.32 Å². The lowest BCUT2D eigenvalue weighted by Gasteiger charge is -2.21. The van der Waals surface area contributed by atoms with Gasteiger partial charge in [0.2, 0.25) is 5.91 Å². The van der Waals surface area contributed by atoms with Crippen molar-refractivity contribution in [2.45, 2.75) is 13.0 Å². The van der Waals surface area contributed by atoms with Crippen LogP contribution in [0.15, 0.2) is 0 Å². The first-order valence-electron chi connectivity index (χ1n) is 5.01. The van der Waals surface area contributed by atoms with Gasteiger partial charge in [0.1, 0.15) is 11.8 Å². The van der Waals surface area contributed by atoms with Crippen molar-refractivity contribution in [3.63, 3.8) is 0 Å². The van der Waals surface area contributed by atoms with Crippen LogP contribution in [0.25, 0.3) is 0 Å². The molecule has 7 heteroatoms. The highest BCUT2D eigenvalue weighted by Gasteiger charge is 2.32. The Hall–Kier alpha value is -0.950. The minimum Gasteiger partial charge on any atom is -0.333 e. The second-order valence-electron chi connectivity index (χ2n) is 3.92. The number of amides is 1. The Balaban J connectivity index is 2.89. The van der Waals surface area contributed by atoms with Gasteiger partial charge in [0.05, 0.1) is 18.1 Å². The predicted octanol–water partition coefficient (Wildman–Crippen LogP) is -1.58. The van der Waals surface area contributed by atoms with Crippen molar-refractivity contribution in [2.75, 3.05) is 31.6 Å². The Morgan fingerprint density at radius 3 is 2.69 bits per heavy atom. The third kappa shape index (κ3) is 3.28. The third-order valence-electron chi connectivity index (χ3n) is 2.46. The first kappa shape index (κ1) is 13.1. The number of hydrogen-bond acceptors (Lipinski definition) is 5. The lowest BCUT2D eigenvalue weighted by Crippen LogP contribution is -2.47. The lowest BCUT2D eigenvalue weighted by molar-refractivity contribution is -0.135. The van der Waals surface area contributed by atoms with E-state index in [1.165, 1.54) is 18.9 Å². The van der Waals surface area contributed by atoms with Crippen LogP contribution >= 0.6 is 0 Å². The molecule has 1 aliphatic heterocycles. The number of carbonyl (C=O) groups excluding carboxylic acids is 2. The molecule has 0 aliphatic carbocycles. The van der Waals surface area contributed by atoms with Crippen molar-refractivity contribution in [1.82, 2.24) is 10.2 Å². The van der Waals surface area contributed by atoms with Gasteiger partial charge >= 0.3 is 0 Å². The summed E-state index contributed by atoms with van der Waals surface area (Å²) in [4.78, 5) is 24.1. The molecule has 0 saturated carbocycles. The highest BCUT2D eigenvalue weighted by molar-refractivity contribution is 7.91. The zero-order valence-corrected chi connectivity index (χ0v) is 10.2. The van der Waals surface area contributed by atoms with E-state index in [4.69, 9.17) is 0 Å². The van der Waals surface area contributed by atoms with Crippen LogP contribution < -0.4 is 5.32 Å². The fraction of sp³-hybridized carbons (Fsp3) is 0.778. The zero-order chi connectivity index (χ0) is 12.3. The van der Waals surface area contributed by atoms with Gasteiger partial charge in [-0.25, -0.2) is 8.42 Å². The summed E-state index contributed by atoms with van der Waals surface area (Å²) in [6.45, 7) is 1.45. The summed E-state index contributed by atoms with van der Waals surface area (Å²) in [5, 5.41) is 2.67. The maximum atomic E-state index is 11.8. The summed E-state index contributed by atoms with van der Waals surface area (Å²) in [6, 6.07) is -0.744. The van der Waals surface area contributed by atoms with E-state index in [0.29, 0.717) is 0 Å². The van der Waals surface area contributed by atoms with E-state index in [1.807, 2.05) is 0 Å². The fourth-order valence-electron chi connectivity index (χ4n) is 1.62. The summed E-state index contributed by atoms with van der Waals surface area (Å²) in [7, 11) is -1.68. The Labute approximate surface area is 94.9 Å². The molecule has 0 aromatic rings. The number of sulfone groups is 1. The van der Waals surface area contributed by atoms with Gasteiger partial charge in [0, 0.05) is 6.54 Å². The molecule has 1 N–H and O–H groups in total. The van der Waals surface area contributed by atoms with Gasteiger partial charge in [-0.05, 0) is 14.0 Å². The van der Waals surface area contributed by atoms with Crippen LogP contribution in [0.1, 0.15) is 6.92 Å². The summed E-state index contributed by atoms with van der Waals surface area (Å²) in [5.41, 5.74) is 0. The van der Waals surface area contributed by atoms with E-state index in [9.17, 15) is 18.0 Å². The number of nitrogens with zero attached hydrogens (tertiary/aromatic N) is 1. The van der Waals surface area contributed by atoms with Gasteiger partial charge in [-0.3, -0.25) is 9.59 Å². The summed E-state index contributed by atoms with van der Waals surface area (Å²) >= 11 is 0. The average Bonchev–Trinajstić information content (AvgIpc) is 2.28. The van der Waals surface area contributed by atoms with Crippen LogP contribution in [0.4, 0.5) is 0 Å². The molecule has 6 nitrogen and oxygen atoms in total. The van der Waals surface area contributed by atoms with Gasteiger partial charge < -0.3 is 10.2 Å². The van der Waals surface area contributed by atoms with Gasteiger partial charge in [-0.1, -0.05) is 0 Å². The monoisotopic (exact) mass is 248 g/mol. The Morgan fingerprint density at radius 1 is 1.56 bits per heavy atom. The molecule has 1 aliphatic rings. The first-order valence-corrected chi connectivity index (χ1v) is 6.84.